The Kier molecular flexibility index (Phi) is 8.34. The first-order valence-electron chi connectivity index (χ1n) is 11.9. The first-order valence-corrected chi connectivity index (χ1v) is 14.4. The van der Waals surface area contributed by atoms with Crippen LogP contribution in [0.4, 0.5) is 8.78 Å². The molecule has 0 bridgehead atoms. The Balaban J connectivity index is 1.61. The molecule has 2 aromatic carbocycles. The van der Waals surface area contributed by atoms with E-state index in [0.717, 1.165) is 54.8 Å². The Hall–Kier alpha value is -2.17. The predicted molar refractivity (Wildman–Crippen MR) is 135 cm³/mol. The molecule has 0 aliphatic heterocycles. The summed E-state index contributed by atoms with van der Waals surface area (Å²) in [4.78, 5) is 5.10. The van der Waals surface area contributed by atoms with Crippen LogP contribution in [0.5, 0.6) is 5.75 Å². The lowest BCUT2D eigenvalue weighted by molar-refractivity contribution is -0.0498. The number of nitrogens with zero attached hydrogens (tertiary/aromatic N) is 3. The summed E-state index contributed by atoms with van der Waals surface area (Å²) >= 11 is 1.57. The van der Waals surface area contributed by atoms with Crippen molar-refractivity contribution in [1.29, 1.82) is 0 Å². The van der Waals surface area contributed by atoms with Crippen LogP contribution in [-0.2, 0) is 15.8 Å². The second kappa shape index (κ2) is 11.3. The van der Waals surface area contributed by atoms with Crippen LogP contribution in [0.1, 0.15) is 57.1 Å². The number of benzene rings is 2. The van der Waals surface area contributed by atoms with Gasteiger partial charge >= 0.3 is 6.61 Å². The Labute approximate surface area is 209 Å². The highest BCUT2D eigenvalue weighted by Crippen LogP contribution is 2.38. The third-order valence-corrected chi connectivity index (χ3v) is 9.25. The topological polar surface area (TPSA) is 64.4 Å². The van der Waals surface area contributed by atoms with Crippen LogP contribution < -0.4 is 4.74 Å². The first kappa shape index (κ1) is 25.9. The van der Waals surface area contributed by atoms with E-state index >= 15 is 0 Å². The lowest BCUT2D eigenvalue weighted by Gasteiger charge is -2.18. The second-order valence-corrected chi connectivity index (χ2v) is 11.8. The molecule has 0 amide bonds. The summed E-state index contributed by atoms with van der Waals surface area (Å²) in [5.41, 5.74) is 2.57. The van der Waals surface area contributed by atoms with Gasteiger partial charge in [-0.3, -0.25) is 0 Å². The van der Waals surface area contributed by atoms with Gasteiger partial charge in [0, 0.05) is 25.4 Å². The quantitative estimate of drug-likeness (QED) is 0.270. The van der Waals surface area contributed by atoms with Gasteiger partial charge in [-0.2, -0.15) is 8.78 Å². The normalized spacial score (nSPS) is 15.0. The van der Waals surface area contributed by atoms with E-state index in [0.29, 0.717) is 23.9 Å². The van der Waals surface area contributed by atoms with Gasteiger partial charge in [0.05, 0.1) is 15.9 Å². The lowest BCUT2D eigenvalue weighted by Crippen LogP contribution is -2.27. The first-order chi connectivity index (χ1) is 16.8. The van der Waals surface area contributed by atoms with Crippen LogP contribution in [0.2, 0.25) is 0 Å². The molecule has 0 unspecified atom stereocenters. The minimum Gasteiger partial charge on any atom is -0.435 e. The molecule has 1 heterocycles. The van der Waals surface area contributed by atoms with E-state index in [4.69, 9.17) is 4.98 Å². The zero-order valence-corrected chi connectivity index (χ0v) is 21.6. The molecule has 0 spiro atoms. The molecule has 1 saturated carbocycles. The summed E-state index contributed by atoms with van der Waals surface area (Å²) in [6, 6.07) is 12.2. The Morgan fingerprint density at radius 2 is 1.89 bits per heavy atom. The average Bonchev–Trinajstić information content (AvgIpc) is 3.48. The number of thioether (sulfide) groups is 1. The van der Waals surface area contributed by atoms with E-state index in [1.165, 1.54) is 16.4 Å². The van der Waals surface area contributed by atoms with Crippen molar-refractivity contribution in [3.8, 4) is 5.75 Å². The molecule has 0 saturated heterocycles. The number of alkyl halides is 2. The molecule has 1 aliphatic carbocycles. The van der Waals surface area contributed by atoms with Gasteiger partial charge in [-0.25, -0.2) is 17.7 Å². The van der Waals surface area contributed by atoms with Gasteiger partial charge in [-0.15, -0.1) is 0 Å². The highest BCUT2D eigenvalue weighted by atomic mass is 32.2. The summed E-state index contributed by atoms with van der Waals surface area (Å²) in [5, 5.41) is 0.841. The Morgan fingerprint density at radius 1 is 1.17 bits per heavy atom. The van der Waals surface area contributed by atoms with Crippen molar-refractivity contribution in [2.75, 3.05) is 13.6 Å². The van der Waals surface area contributed by atoms with Gasteiger partial charge in [0.1, 0.15) is 5.75 Å². The molecule has 1 aromatic heterocycles. The standard InChI is InChI=1S/C25H31F2N3O3S2/c1-3-4-15-29(2)35(31,32)21-13-14-23-22(16-21)28-25(30(23)19-7-5-6-8-19)34-17-18-9-11-20(12-10-18)33-24(26)27/h9-14,16,19,24H,3-8,15,17H2,1-2H3. The molecule has 10 heteroatoms. The van der Waals surface area contributed by atoms with Gasteiger partial charge < -0.3 is 9.30 Å². The van der Waals surface area contributed by atoms with Gasteiger partial charge in [0.15, 0.2) is 5.16 Å². The van der Waals surface area contributed by atoms with Crippen molar-refractivity contribution in [1.82, 2.24) is 13.9 Å². The van der Waals surface area contributed by atoms with Gasteiger partial charge in [0.2, 0.25) is 10.0 Å². The molecule has 0 N–H and O–H groups in total. The number of hydrogen-bond donors (Lipinski definition) is 0. The van der Waals surface area contributed by atoms with Crippen molar-refractivity contribution >= 4 is 32.8 Å². The molecule has 3 aromatic rings. The van der Waals surface area contributed by atoms with E-state index < -0.39 is 16.6 Å². The molecular formula is C25H31F2N3O3S2. The predicted octanol–water partition coefficient (Wildman–Crippen LogP) is 6.47. The smallest absolute Gasteiger partial charge is 0.387 e. The van der Waals surface area contributed by atoms with Gasteiger partial charge in [-0.05, 0) is 55.2 Å². The summed E-state index contributed by atoms with van der Waals surface area (Å²) in [5.74, 6) is 0.736. The maximum Gasteiger partial charge on any atom is 0.387 e. The molecule has 1 fully saturated rings. The highest BCUT2D eigenvalue weighted by molar-refractivity contribution is 7.98. The second-order valence-electron chi connectivity index (χ2n) is 8.84. The van der Waals surface area contributed by atoms with Crippen LogP contribution in [0.15, 0.2) is 52.5 Å². The fourth-order valence-electron chi connectivity index (χ4n) is 4.43. The number of sulfonamides is 1. The van der Waals surface area contributed by atoms with Crippen molar-refractivity contribution < 1.29 is 21.9 Å². The van der Waals surface area contributed by atoms with Crippen LogP contribution in [0.3, 0.4) is 0 Å². The summed E-state index contributed by atoms with van der Waals surface area (Å²) < 4.78 is 59.0. The minimum atomic E-state index is -3.58. The van der Waals surface area contributed by atoms with Crippen LogP contribution in [0.25, 0.3) is 11.0 Å². The zero-order valence-electron chi connectivity index (χ0n) is 20.0. The molecule has 6 nitrogen and oxygen atoms in total. The van der Waals surface area contributed by atoms with E-state index in [9.17, 15) is 17.2 Å². The van der Waals surface area contributed by atoms with Crippen molar-refractivity contribution in [3.05, 3.63) is 48.0 Å². The minimum absolute atomic E-state index is 0.129. The van der Waals surface area contributed by atoms with Gasteiger partial charge in [-0.1, -0.05) is 50.1 Å². The van der Waals surface area contributed by atoms with E-state index in [-0.39, 0.29) is 10.6 Å². The average molecular weight is 524 g/mol. The molecule has 0 radical (unpaired) electrons. The lowest BCUT2D eigenvalue weighted by atomic mass is 10.2. The maximum atomic E-state index is 13.1. The van der Waals surface area contributed by atoms with E-state index in [1.807, 2.05) is 13.0 Å². The number of halogens is 2. The van der Waals surface area contributed by atoms with Gasteiger partial charge in [0.25, 0.3) is 0 Å². The third-order valence-electron chi connectivity index (χ3n) is 6.37. The SMILES string of the molecule is CCCCN(C)S(=O)(=O)c1ccc2c(c1)nc(SCc1ccc(OC(F)F)cc1)n2C1CCCC1. The number of rotatable bonds is 11. The number of aromatic nitrogens is 2. The number of fused-ring (bicyclic) bond motifs is 1. The van der Waals surface area contributed by atoms with Crippen LogP contribution >= 0.6 is 11.8 Å². The fourth-order valence-corrected chi connectivity index (χ4v) is 6.70. The highest BCUT2D eigenvalue weighted by Gasteiger charge is 2.26. The van der Waals surface area contributed by atoms with E-state index in [2.05, 4.69) is 9.30 Å². The summed E-state index contributed by atoms with van der Waals surface area (Å²) in [7, 11) is -1.97. The largest absolute Gasteiger partial charge is 0.435 e. The third kappa shape index (κ3) is 5.98. The molecule has 190 valence electrons. The monoisotopic (exact) mass is 523 g/mol. The van der Waals surface area contributed by atoms with Crippen molar-refractivity contribution in [3.63, 3.8) is 0 Å². The summed E-state index contributed by atoms with van der Waals surface area (Å²) in [6.07, 6.45) is 6.19. The maximum absolute atomic E-state index is 13.1. The zero-order chi connectivity index (χ0) is 25.0. The molecule has 4 rings (SSSR count). The Morgan fingerprint density at radius 3 is 2.54 bits per heavy atom. The summed E-state index contributed by atoms with van der Waals surface area (Å²) in [6.45, 7) is -0.329. The van der Waals surface area contributed by atoms with Crippen LogP contribution in [-0.4, -0.2) is 42.5 Å². The van der Waals surface area contributed by atoms with Crippen LogP contribution in [0, 0.1) is 0 Å². The Bertz CT molecular complexity index is 1240. The number of hydrogen-bond acceptors (Lipinski definition) is 5. The molecule has 1 aliphatic rings. The molecule has 0 atom stereocenters. The van der Waals surface area contributed by atoms with Crippen molar-refractivity contribution in [2.24, 2.45) is 0 Å². The fraction of sp³-hybridized carbons (Fsp3) is 0.480. The van der Waals surface area contributed by atoms with E-state index in [1.54, 1.807) is 43.1 Å². The number of unbranched alkanes of at least 4 members (excludes halogenated alkanes) is 1. The number of imidazole rings is 1. The number of ether oxygens (including phenoxy) is 1. The van der Waals surface area contributed by atoms with Crippen molar-refractivity contribution in [2.45, 2.75) is 73.9 Å². The molecule has 35 heavy (non-hydrogen) atoms. The molecular weight excluding hydrogens is 492 g/mol.